The summed E-state index contributed by atoms with van der Waals surface area (Å²) in [6, 6.07) is 6.90. The maximum Gasteiger partial charge on any atom is 0.412 e. The van der Waals surface area contributed by atoms with Crippen LogP contribution in [0, 0.1) is 0 Å². The van der Waals surface area contributed by atoms with Crippen LogP contribution in [0.1, 0.15) is 33.6 Å². The van der Waals surface area contributed by atoms with E-state index >= 15 is 0 Å². The van der Waals surface area contributed by atoms with Crippen LogP contribution in [0.15, 0.2) is 24.3 Å². The zero-order valence-corrected chi connectivity index (χ0v) is 15.8. The highest BCUT2D eigenvalue weighted by Gasteiger charge is 2.16. The monoisotopic (exact) mass is 373 g/mol. The molecular formula is C17H27NO6S. The number of carbonyl (C=O) groups excluding carboxylic acids is 1. The second-order valence-electron chi connectivity index (χ2n) is 6.11. The van der Waals surface area contributed by atoms with Gasteiger partial charge in [0.1, 0.15) is 18.0 Å². The Hall–Kier alpha value is -1.93. The van der Waals surface area contributed by atoms with Crippen molar-refractivity contribution < 1.29 is 28.9 Å². The van der Waals surface area contributed by atoms with Crippen molar-refractivity contribution in [3.63, 3.8) is 0 Å². The fourth-order valence-electron chi connectivity index (χ4n) is 1.70. The number of carbonyl (C=O) groups is 2. The number of carboxylic acid groups (broad SMARTS) is 1. The van der Waals surface area contributed by atoms with Gasteiger partial charge in [-0.15, -0.1) is 0 Å². The average Bonchev–Trinajstić information content (AvgIpc) is 2.45. The van der Waals surface area contributed by atoms with Crippen LogP contribution in [0.2, 0.25) is 0 Å². The third-order valence-corrected chi connectivity index (χ3v) is 2.68. The minimum absolute atomic E-state index is 0. The van der Waals surface area contributed by atoms with E-state index in [0.717, 1.165) is 0 Å². The van der Waals surface area contributed by atoms with E-state index in [1.54, 1.807) is 45.0 Å². The lowest BCUT2D eigenvalue weighted by Gasteiger charge is -2.19. The molecule has 0 spiro atoms. The number of amides is 1. The molecule has 0 unspecified atom stereocenters. The first-order valence-corrected chi connectivity index (χ1v) is 7.79. The van der Waals surface area contributed by atoms with Crippen LogP contribution in [-0.4, -0.2) is 42.6 Å². The lowest BCUT2D eigenvalue weighted by molar-refractivity contribution is -0.137. The first-order valence-electron chi connectivity index (χ1n) is 7.79. The third-order valence-electron chi connectivity index (χ3n) is 2.68. The van der Waals surface area contributed by atoms with Crippen LogP contribution in [0.4, 0.5) is 10.5 Å². The van der Waals surface area contributed by atoms with E-state index in [4.69, 9.17) is 19.3 Å². The van der Waals surface area contributed by atoms with E-state index in [9.17, 15) is 9.59 Å². The molecule has 1 rings (SSSR count). The molecule has 0 radical (unpaired) electrons. The van der Waals surface area contributed by atoms with Crippen molar-refractivity contribution in [3.05, 3.63) is 24.3 Å². The van der Waals surface area contributed by atoms with Gasteiger partial charge < -0.3 is 19.3 Å². The number of rotatable bonds is 9. The first-order chi connectivity index (χ1) is 11.3. The summed E-state index contributed by atoms with van der Waals surface area (Å²) >= 11 is 0. The summed E-state index contributed by atoms with van der Waals surface area (Å²) in [6.45, 7) is 6.55. The molecule has 7 nitrogen and oxygen atoms in total. The minimum Gasteiger partial charge on any atom is -0.491 e. The number of ether oxygens (including phenoxy) is 3. The Kier molecular flexibility index (Phi) is 10.7. The van der Waals surface area contributed by atoms with Gasteiger partial charge in [0.25, 0.3) is 0 Å². The summed E-state index contributed by atoms with van der Waals surface area (Å²) < 4.78 is 15.9. The zero-order valence-electron chi connectivity index (χ0n) is 14.8. The van der Waals surface area contributed by atoms with E-state index in [2.05, 4.69) is 5.32 Å². The topological polar surface area (TPSA) is 94.1 Å². The van der Waals surface area contributed by atoms with Gasteiger partial charge in [0.2, 0.25) is 0 Å². The van der Waals surface area contributed by atoms with Crippen LogP contribution in [0.5, 0.6) is 5.75 Å². The van der Waals surface area contributed by atoms with Crippen molar-refractivity contribution >= 4 is 31.2 Å². The molecule has 8 heteroatoms. The Morgan fingerprint density at radius 1 is 1.08 bits per heavy atom. The van der Waals surface area contributed by atoms with Crippen molar-refractivity contribution in [2.75, 3.05) is 25.1 Å². The Balaban J connectivity index is 0.00000576. The third kappa shape index (κ3) is 12.1. The summed E-state index contributed by atoms with van der Waals surface area (Å²) in [5.41, 5.74) is 0.0685. The summed E-state index contributed by atoms with van der Waals surface area (Å²) in [5, 5.41) is 11.1. The molecule has 1 amide bonds. The van der Waals surface area contributed by atoms with Crippen LogP contribution in [-0.2, 0) is 14.3 Å². The van der Waals surface area contributed by atoms with Crippen molar-refractivity contribution in [1.29, 1.82) is 0 Å². The highest BCUT2D eigenvalue weighted by Crippen LogP contribution is 2.17. The molecule has 25 heavy (non-hydrogen) atoms. The number of hydrogen-bond acceptors (Lipinski definition) is 5. The second-order valence-corrected chi connectivity index (χ2v) is 6.11. The Labute approximate surface area is 155 Å². The van der Waals surface area contributed by atoms with Crippen molar-refractivity contribution in [2.45, 2.75) is 39.2 Å². The van der Waals surface area contributed by atoms with Crippen molar-refractivity contribution in [1.82, 2.24) is 0 Å². The van der Waals surface area contributed by atoms with Gasteiger partial charge in [0, 0.05) is 18.7 Å². The molecule has 2 N–H and O–H groups in total. The molecule has 0 aromatic heterocycles. The van der Waals surface area contributed by atoms with E-state index in [-0.39, 0.29) is 19.9 Å². The van der Waals surface area contributed by atoms with Gasteiger partial charge in [-0.05, 0) is 51.5 Å². The van der Waals surface area contributed by atoms with Gasteiger partial charge in [-0.1, -0.05) is 0 Å². The number of hydrogen-bond donors (Lipinski definition) is 2. The second kappa shape index (κ2) is 11.6. The minimum atomic E-state index is -0.824. The quantitative estimate of drug-likeness (QED) is 0.644. The maximum absolute atomic E-state index is 11.6. The van der Waals surface area contributed by atoms with Crippen molar-refractivity contribution in [2.24, 2.45) is 0 Å². The van der Waals surface area contributed by atoms with Gasteiger partial charge >= 0.3 is 12.1 Å². The highest BCUT2D eigenvalue weighted by molar-refractivity contribution is 7.59. The van der Waals surface area contributed by atoms with Crippen LogP contribution >= 0.6 is 13.5 Å². The summed E-state index contributed by atoms with van der Waals surface area (Å²) in [4.78, 5) is 22.0. The number of anilines is 1. The molecule has 0 aliphatic rings. The Bertz CT molecular complexity index is 527. The van der Waals surface area contributed by atoms with Crippen molar-refractivity contribution in [3.8, 4) is 5.75 Å². The predicted molar refractivity (Wildman–Crippen MR) is 99.9 cm³/mol. The van der Waals surface area contributed by atoms with Gasteiger partial charge in [-0.3, -0.25) is 10.1 Å². The lowest BCUT2D eigenvalue weighted by Crippen LogP contribution is -2.27. The van der Waals surface area contributed by atoms with Gasteiger partial charge in [-0.2, -0.15) is 13.5 Å². The van der Waals surface area contributed by atoms with E-state index in [1.807, 2.05) is 0 Å². The maximum atomic E-state index is 11.6. The first kappa shape index (κ1) is 23.1. The largest absolute Gasteiger partial charge is 0.491 e. The fraction of sp³-hybridized carbons (Fsp3) is 0.529. The molecule has 0 aliphatic carbocycles. The molecule has 0 heterocycles. The smallest absolute Gasteiger partial charge is 0.412 e. The molecule has 0 atom stereocenters. The highest BCUT2D eigenvalue weighted by atomic mass is 32.1. The normalized spacial score (nSPS) is 10.5. The molecule has 142 valence electrons. The number of benzene rings is 1. The Morgan fingerprint density at radius 2 is 1.72 bits per heavy atom. The predicted octanol–water partition coefficient (Wildman–Crippen LogP) is 3.41. The molecule has 0 saturated carbocycles. The lowest BCUT2D eigenvalue weighted by atomic mass is 10.2. The Morgan fingerprint density at radius 3 is 2.28 bits per heavy atom. The van der Waals surface area contributed by atoms with Gasteiger partial charge in [0.15, 0.2) is 0 Å². The summed E-state index contributed by atoms with van der Waals surface area (Å²) in [7, 11) is 0. The number of nitrogens with one attached hydrogen (secondary N) is 1. The molecular weight excluding hydrogens is 346 g/mol. The standard InChI is InChI=1S/C17H25NO6.H2S/c1-17(2,3)24-16(21)18-13-6-8-14(9-7-13)23-12-11-22-10-4-5-15(19)20;/h6-9H,4-5,10-12H2,1-3H3,(H,18,21)(H,19,20);1H2. The average molecular weight is 373 g/mol. The number of aliphatic carboxylic acids is 1. The SMILES string of the molecule is CC(C)(C)OC(=O)Nc1ccc(OCCOCCCC(=O)O)cc1.S. The van der Waals surface area contributed by atoms with Crippen LogP contribution in [0.25, 0.3) is 0 Å². The van der Waals surface area contributed by atoms with Gasteiger partial charge in [0.05, 0.1) is 6.61 Å². The summed E-state index contributed by atoms with van der Waals surface area (Å²) in [6.07, 6.45) is 0.0822. The van der Waals surface area contributed by atoms with Gasteiger partial charge in [-0.25, -0.2) is 4.79 Å². The van der Waals surface area contributed by atoms with E-state index < -0.39 is 17.7 Å². The fourth-order valence-corrected chi connectivity index (χ4v) is 1.70. The molecule has 0 fully saturated rings. The molecule has 0 saturated heterocycles. The molecule has 1 aromatic carbocycles. The molecule has 0 bridgehead atoms. The molecule has 1 aromatic rings. The summed E-state index contributed by atoms with van der Waals surface area (Å²) in [5.74, 6) is -0.172. The number of carboxylic acids is 1. The van der Waals surface area contributed by atoms with Crippen LogP contribution < -0.4 is 10.1 Å². The van der Waals surface area contributed by atoms with E-state index in [0.29, 0.717) is 37.7 Å². The zero-order chi connectivity index (χ0) is 18.0. The molecule has 0 aliphatic heterocycles. The van der Waals surface area contributed by atoms with Crippen LogP contribution in [0.3, 0.4) is 0 Å². The van der Waals surface area contributed by atoms with E-state index in [1.165, 1.54) is 0 Å².